The van der Waals surface area contributed by atoms with Gasteiger partial charge in [0.2, 0.25) is 0 Å². The van der Waals surface area contributed by atoms with Crippen LogP contribution in [0, 0.1) is 41.4 Å². The zero-order chi connectivity index (χ0) is 28.8. The van der Waals surface area contributed by atoms with Gasteiger partial charge in [0.15, 0.2) is 0 Å². The van der Waals surface area contributed by atoms with Crippen LogP contribution in [0.3, 0.4) is 0 Å². The van der Waals surface area contributed by atoms with E-state index in [2.05, 4.69) is 12.2 Å². The SMILES string of the molecule is CC1=C(C2CCCC(C3CCCC(C4CCCCC(C5CCCCCCCCC5)CCC4)CCC3)CCC2)CCNC1. The van der Waals surface area contributed by atoms with E-state index >= 15 is 0 Å². The highest BCUT2D eigenvalue weighted by Crippen LogP contribution is 2.43. The van der Waals surface area contributed by atoms with Crippen molar-refractivity contribution in [1.82, 2.24) is 5.32 Å². The molecule has 5 aliphatic rings. The van der Waals surface area contributed by atoms with E-state index in [1.54, 1.807) is 115 Å². The van der Waals surface area contributed by atoms with Crippen LogP contribution in [0.25, 0.3) is 0 Å². The Hall–Kier alpha value is -0.300. The molecule has 4 aliphatic carbocycles. The molecule has 2 atom stereocenters. The molecule has 0 bridgehead atoms. The second-order valence-electron chi connectivity index (χ2n) is 16.5. The second kappa shape index (κ2) is 18.6. The fourth-order valence-electron chi connectivity index (χ4n) is 11.3. The molecule has 1 N–H and O–H groups in total. The predicted molar refractivity (Wildman–Crippen MR) is 184 cm³/mol. The average molecular weight is 580 g/mol. The molecule has 4 fully saturated rings. The van der Waals surface area contributed by atoms with Crippen molar-refractivity contribution in [2.24, 2.45) is 41.4 Å². The van der Waals surface area contributed by atoms with Crippen molar-refractivity contribution in [3.63, 3.8) is 0 Å². The van der Waals surface area contributed by atoms with Crippen LogP contribution in [0.4, 0.5) is 0 Å². The van der Waals surface area contributed by atoms with Gasteiger partial charge in [0.05, 0.1) is 0 Å². The molecule has 4 saturated carbocycles. The average Bonchev–Trinajstić information content (AvgIpc) is 3.09. The molecule has 2 unspecified atom stereocenters. The minimum absolute atomic E-state index is 0.917. The Morgan fingerprint density at radius 1 is 0.381 bits per heavy atom. The Bertz CT molecular complexity index is 737. The summed E-state index contributed by atoms with van der Waals surface area (Å²) in [6, 6.07) is 0. The molecule has 0 saturated heterocycles. The van der Waals surface area contributed by atoms with E-state index in [0.717, 1.165) is 48.0 Å². The largest absolute Gasteiger partial charge is 0.313 e. The lowest BCUT2D eigenvalue weighted by molar-refractivity contribution is 0.172. The van der Waals surface area contributed by atoms with Crippen LogP contribution < -0.4 is 5.32 Å². The van der Waals surface area contributed by atoms with Gasteiger partial charge in [-0.1, -0.05) is 178 Å². The maximum absolute atomic E-state index is 3.59. The van der Waals surface area contributed by atoms with Crippen molar-refractivity contribution in [2.75, 3.05) is 13.1 Å². The minimum atomic E-state index is 0.917. The lowest BCUT2D eigenvalue weighted by atomic mass is 9.70. The summed E-state index contributed by atoms with van der Waals surface area (Å²) in [5.41, 5.74) is 3.54. The number of hydrogen-bond donors (Lipinski definition) is 1. The molecule has 1 heteroatoms. The predicted octanol–water partition coefficient (Wildman–Crippen LogP) is 12.6. The van der Waals surface area contributed by atoms with E-state index in [-0.39, 0.29) is 0 Å². The molecule has 1 heterocycles. The van der Waals surface area contributed by atoms with Gasteiger partial charge < -0.3 is 5.32 Å². The van der Waals surface area contributed by atoms with E-state index in [9.17, 15) is 0 Å². The number of hydrogen-bond acceptors (Lipinski definition) is 1. The molecular weight excluding hydrogens is 506 g/mol. The van der Waals surface area contributed by atoms with Crippen LogP contribution in [0.15, 0.2) is 11.1 Å². The zero-order valence-corrected chi connectivity index (χ0v) is 28.5. The summed E-state index contributed by atoms with van der Waals surface area (Å²) >= 11 is 0. The van der Waals surface area contributed by atoms with Crippen LogP contribution in [0.2, 0.25) is 0 Å². The quantitative estimate of drug-likeness (QED) is 0.327. The summed E-state index contributed by atoms with van der Waals surface area (Å²) in [5, 5.41) is 3.59. The van der Waals surface area contributed by atoms with E-state index in [4.69, 9.17) is 0 Å². The van der Waals surface area contributed by atoms with Crippen LogP contribution in [0.5, 0.6) is 0 Å². The van der Waals surface area contributed by atoms with Crippen LogP contribution in [-0.4, -0.2) is 13.1 Å². The van der Waals surface area contributed by atoms with Gasteiger partial charge in [-0.05, 0) is 74.2 Å². The molecule has 0 aromatic heterocycles. The fraction of sp³-hybridized carbons (Fsp3) is 0.951. The van der Waals surface area contributed by atoms with Gasteiger partial charge in [0.1, 0.15) is 0 Å². The van der Waals surface area contributed by atoms with E-state index in [1.165, 1.54) is 83.6 Å². The standard InChI is InChI=1S/C41H73N/c1-33-32-42-31-30-41(33)40-28-14-26-39(27-15-29-40)38-24-12-22-37(23-13-25-38)36-19-10-9-18-35(20-11-21-36)34-16-7-5-3-2-4-6-8-17-34/h34-40,42H,2-32H2,1H3. The highest BCUT2D eigenvalue weighted by Gasteiger charge is 2.30. The lowest BCUT2D eigenvalue weighted by Crippen LogP contribution is -2.27. The monoisotopic (exact) mass is 580 g/mol. The van der Waals surface area contributed by atoms with Gasteiger partial charge in [-0.2, -0.15) is 0 Å². The van der Waals surface area contributed by atoms with Gasteiger partial charge >= 0.3 is 0 Å². The fourth-order valence-corrected chi connectivity index (χ4v) is 11.3. The Morgan fingerprint density at radius 2 is 0.690 bits per heavy atom. The molecule has 1 nitrogen and oxygen atoms in total. The summed E-state index contributed by atoms with van der Waals surface area (Å²) in [7, 11) is 0. The van der Waals surface area contributed by atoms with Crippen LogP contribution in [0.1, 0.15) is 193 Å². The van der Waals surface area contributed by atoms with E-state index < -0.39 is 0 Å². The summed E-state index contributed by atoms with van der Waals surface area (Å²) in [6.45, 7) is 4.77. The molecule has 0 amide bonds. The van der Waals surface area contributed by atoms with Crippen LogP contribution in [-0.2, 0) is 0 Å². The van der Waals surface area contributed by atoms with Crippen molar-refractivity contribution >= 4 is 0 Å². The molecule has 5 rings (SSSR count). The summed E-state index contributed by atoms with van der Waals surface area (Å²) in [6.07, 6.45) is 44.5. The van der Waals surface area contributed by atoms with Gasteiger partial charge in [-0.3, -0.25) is 0 Å². The van der Waals surface area contributed by atoms with E-state index in [1.807, 2.05) is 5.57 Å². The zero-order valence-electron chi connectivity index (χ0n) is 28.5. The molecule has 0 radical (unpaired) electrons. The maximum Gasteiger partial charge on any atom is 0.0164 e. The summed E-state index contributed by atoms with van der Waals surface area (Å²) in [4.78, 5) is 0. The normalized spacial score (nSPS) is 36.8. The Kier molecular flexibility index (Phi) is 14.7. The molecule has 42 heavy (non-hydrogen) atoms. The first-order chi connectivity index (χ1) is 20.8. The molecule has 242 valence electrons. The molecule has 1 aliphatic heterocycles. The first kappa shape index (κ1) is 33.1. The van der Waals surface area contributed by atoms with E-state index in [0.29, 0.717) is 0 Å². The van der Waals surface area contributed by atoms with Crippen LogP contribution >= 0.6 is 0 Å². The van der Waals surface area contributed by atoms with Gasteiger partial charge in [0, 0.05) is 6.54 Å². The third kappa shape index (κ3) is 10.4. The lowest BCUT2D eigenvalue weighted by Gasteiger charge is -2.35. The van der Waals surface area contributed by atoms with Gasteiger partial charge in [-0.25, -0.2) is 0 Å². The summed E-state index contributed by atoms with van der Waals surface area (Å²) in [5.74, 6) is 7.30. The van der Waals surface area contributed by atoms with Gasteiger partial charge in [0.25, 0.3) is 0 Å². The maximum atomic E-state index is 3.59. The summed E-state index contributed by atoms with van der Waals surface area (Å²) < 4.78 is 0. The second-order valence-corrected chi connectivity index (χ2v) is 16.5. The van der Waals surface area contributed by atoms with Crippen molar-refractivity contribution in [3.8, 4) is 0 Å². The Labute approximate surface area is 263 Å². The Morgan fingerprint density at radius 3 is 1.07 bits per heavy atom. The highest BCUT2D eigenvalue weighted by molar-refractivity contribution is 5.19. The van der Waals surface area contributed by atoms with Crippen molar-refractivity contribution in [3.05, 3.63) is 11.1 Å². The first-order valence-corrected chi connectivity index (χ1v) is 20.2. The third-order valence-electron chi connectivity index (χ3n) is 13.8. The smallest absolute Gasteiger partial charge is 0.0164 e. The molecule has 0 aromatic carbocycles. The number of rotatable bonds is 4. The first-order valence-electron chi connectivity index (χ1n) is 20.2. The molecule has 0 aromatic rings. The molecular formula is C41H73N. The van der Waals surface area contributed by atoms with Crippen molar-refractivity contribution in [2.45, 2.75) is 193 Å². The number of nitrogens with one attached hydrogen (secondary N) is 1. The minimum Gasteiger partial charge on any atom is -0.313 e. The van der Waals surface area contributed by atoms with Gasteiger partial charge in [-0.15, -0.1) is 0 Å². The van der Waals surface area contributed by atoms with Crippen molar-refractivity contribution in [1.29, 1.82) is 0 Å². The highest BCUT2D eigenvalue weighted by atomic mass is 14.9. The topological polar surface area (TPSA) is 12.0 Å². The molecule has 0 spiro atoms. The third-order valence-corrected chi connectivity index (χ3v) is 13.8. The van der Waals surface area contributed by atoms with Crippen molar-refractivity contribution < 1.29 is 0 Å². The Balaban J connectivity index is 1.04.